The van der Waals surface area contributed by atoms with Crippen molar-refractivity contribution in [1.82, 2.24) is 10.3 Å². The molecule has 2 heterocycles. The van der Waals surface area contributed by atoms with Crippen LogP contribution in [0.2, 0.25) is 0 Å². The summed E-state index contributed by atoms with van der Waals surface area (Å²) < 4.78 is 22.5. The lowest BCUT2D eigenvalue weighted by Crippen LogP contribution is -2.23. The monoisotopic (exact) mass is 240 g/mol. The Bertz CT molecular complexity index is 431. The molecule has 1 aliphatic rings. The van der Waals surface area contributed by atoms with Crippen molar-refractivity contribution in [3.63, 3.8) is 0 Å². The highest BCUT2D eigenvalue weighted by Gasteiger charge is 2.27. The third-order valence-corrected chi connectivity index (χ3v) is 4.65. The van der Waals surface area contributed by atoms with Crippen molar-refractivity contribution < 1.29 is 8.42 Å². The van der Waals surface area contributed by atoms with E-state index in [9.17, 15) is 8.42 Å². The molecule has 0 amide bonds. The Balaban J connectivity index is 1.74. The summed E-state index contributed by atoms with van der Waals surface area (Å²) >= 11 is 0. The first-order valence-electron chi connectivity index (χ1n) is 5.46. The minimum absolute atomic E-state index is 0.279. The van der Waals surface area contributed by atoms with Crippen LogP contribution in [0.5, 0.6) is 0 Å². The summed E-state index contributed by atoms with van der Waals surface area (Å²) in [4.78, 5) is 4.02. The highest BCUT2D eigenvalue weighted by molar-refractivity contribution is 7.91. The van der Waals surface area contributed by atoms with Gasteiger partial charge in [-0.05, 0) is 30.5 Å². The van der Waals surface area contributed by atoms with Crippen molar-refractivity contribution >= 4 is 9.84 Å². The zero-order valence-electron chi connectivity index (χ0n) is 9.09. The second kappa shape index (κ2) is 4.93. The van der Waals surface area contributed by atoms with Gasteiger partial charge in [0, 0.05) is 18.9 Å². The van der Waals surface area contributed by atoms with Gasteiger partial charge in [-0.25, -0.2) is 8.42 Å². The molecule has 0 spiro atoms. The molecule has 1 N–H and O–H groups in total. The highest BCUT2D eigenvalue weighted by atomic mass is 32.2. The number of aromatic nitrogens is 1. The van der Waals surface area contributed by atoms with E-state index in [1.54, 1.807) is 6.20 Å². The lowest BCUT2D eigenvalue weighted by atomic mass is 10.1. The first-order valence-corrected chi connectivity index (χ1v) is 7.28. The average molecular weight is 240 g/mol. The molecule has 0 radical (unpaired) electrons. The number of pyridine rings is 1. The van der Waals surface area contributed by atoms with Crippen molar-refractivity contribution in [3.8, 4) is 0 Å². The minimum atomic E-state index is -2.74. The summed E-state index contributed by atoms with van der Waals surface area (Å²) in [6, 6.07) is 3.91. The smallest absolute Gasteiger partial charge is 0.150 e. The lowest BCUT2D eigenvalue weighted by molar-refractivity contribution is 0.520. The number of nitrogens with one attached hydrogen (secondary N) is 1. The molecule has 2 rings (SSSR count). The molecule has 88 valence electrons. The second-order valence-electron chi connectivity index (χ2n) is 4.26. The predicted molar refractivity (Wildman–Crippen MR) is 62.7 cm³/mol. The predicted octanol–water partition coefficient (Wildman–Crippen LogP) is 0.606. The standard InChI is InChI=1S/C11H16N2O2S/c14-16(15)5-3-11(9-16)8-13-7-10-2-1-4-12-6-10/h1-2,4,6,11,13H,3,5,7-9H2. The van der Waals surface area contributed by atoms with E-state index in [1.165, 1.54) is 0 Å². The Morgan fingerprint density at radius 2 is 2.38 bits per heavy atom. The van der Waals surface area contributed by atoms with Gasteiger partial charge in [-0.2, -0.15) is 0 Å². The largest absolute Gasteiger partial charge is 0.312 e. The fraction of sp³-hybridized carbons (Fsp3) is 0.545. The van der Waals surface area contributed by atoms with Crippen molar-refractivity contribution in [3.05, 3.63) is 30.1 Å². The van der Waals surface area contributed by atoms with Crippen molar-refractivity contribution in [2.45, 2.75) is 13.0 Å². The van der Waals surface area contributed by atoms with Gasteiger partial charge in [-0.3, -0.25) is 4.98 Å². The fourth-order valence-corrected chi connectivity index (χ4v) is 3.82. The van der Waals surface area contributed by atoms with Crippen LogP contribution >= 0.6 is 0 Å². The number of hydrogen-bond acceptors (Lipinski definition) is 4. The van der Waals surface area contributed by atoms with E-state index in [1.807, 2.05) is 18.3 Å². The van der Waals surface area contributed by atoms with Crippen LogP contribution in [-0.4, -0.2) is 31.5 Å². The van der Waals surface area contributed by atoms with Gasteiger partial charge >= 0.3 is 0 Å². The van der Waals surface area contributed by atoms with Crippen LogP contribution in [0.4, 0.5) is 0 Å². The van der Waals surface area contributed by atoms with Gasteiger partial charge < -0.3 is 5.32 Å². The zero-order chi connectivity index (χ0) is 11.4. The van der Waals surface area contributed by atoms with Gasteiger partial charge in [0.05, 0.1) is 11.5 Å². The first-order chi connectivity index (χ1) is 7.66. The van der Waals surface area contributed by atoms with Crippen LogP contribution in [-0.2, 0) is 16.4 Å². The van der Waals surface area contributed by atoms with E-state index in [4.69, 9.17) is 0 Å². The maximum absolute atomic E-state index is 11.2. The molecule has 1 unspecified atom stereocenters. The van der Waals surface area contributed by atoms with Gasteiger partial charge in [-0.1, -0.05) is 6.07 Å². The molecule has 1 aliphatic heterocycles. The van der Waals surface area contributed by atoms with E-state index in [0.29, 0.717) is 11.5 Å². The molecular formula is C11H16N2O2S. The Kier molecular flexibility index (Phi) is 3.56. The SMILES string of the molecule is O=S1(=O)CCC(CNCc2cccnc2)C1. The minimum Gasteiger partial charge on any atom is -0.312 e. The van der Waals surface area contributed by atoms with E-state index in [-0.39, 0.29) is 5.92 Å². The summed E-state index contributed by atoms with van der Waals surface area (Å²) in [5.74, 6) is 0.973. The molecule has 0 aliphatic carbocycles. The molecule has 4 nitrogen and oxygen atoms in total. The van der Waals surface area contributed by atoms with Crippen LogP contribution in [0.15, 0.2) is 24.5 Å². The molecule has 1 saturated heterocycles. The fourth-order valence-electron chi connectivity index (χ4n) is 1.96. The maximum Gasteiger partial charge on any atom is 0.150 e. The molecule has 16 heavy (non-hydrogen) atoms. The maximum atomic E-state index is 11.2. The van der Waals surface area contributed by atoms with Gasteiger partial charge in [0.1, 0.15) is 0 Å². The highest BCUT2D eigenvalue weighted by Crippen LogP contribution is 2.17. The molecule has 0 bridgehead atoms. The normalized spacial score (nSPS) is 23.4. The Morgan fingerprint density at radius 1 is 1.50 bits per heavy atom. The summed E-state index contributed by atoms with van der Waals surface area (Å²) in [6.07, 6.45) is 4.35. The van der Waals surface area contributed by atoms with Gasteiger partial charge in [0.2, 0.25) is 0 Å². The average Bonchev–Trinajstić information content (AvgIpc) is 2.60. The van der Waals surface area contributed by atoms with E-state index in [2.05, 4.69) is 10.3 Å². The molecule has 1 aromatic rings. The molecular weight excluding hydrogens is 224 g/mol. The number of rotatable bonds is 4. The molecule has 0 saturated carbocycles. The summed E-state index contributed by atoms with van der Waals surface area (Å²) in [6.45, 7) is 1.53. The third-order valence-electron chi connectivity index (χ3n) is 2.81. The lowest BCUT2D eigenvalue weighted by Gasteiger charge is -2.08. The Morgan fingerprint density at radius 3 is 3.00 bits per heavy atom. The van der Waals surface area contributed by atoms with Gasteiger partial charge in [0.25, 0.3) is 0 Å². The van der Waals surface area contributed by atoms with Crippen molar-refractivity contribution in [2.24, 2.45) is 5.92 Å². The van der Waals surface area contributed by atoms with Crippen LogP contribution < -0.4 is 5.32 Å². The van der Waals surface area contributed by atoms with Gasteiger partial charge in [0.15, 0.2) is 9.84 Å². The Hall–Kier alpha value is -0.940. The van der Waals surface area contributed by atoms with Crippen LogP contribution in [0, 0.1) is 5.92 Å². The first kappa shape index (κ1) is 11.5. The third kappa shape index (κ3) is 3.28. The van der Waals surface area contributed by atoms with E-state index >= 15 is 0 Å². The molecule has 1 atom stereocenters. The topological polar surface area (TPSA) is 59.1 Å². The quantitative estimate of drug-likeness (QED) is 0.837. The number of hydrogen-bond donors (Lipinski definition) is 1. The molecule has 1 fully saturated rings. The zero-order valence-corrected chi connectivity index (χ0v) is 9.91. The molecule has 5 heteroatoms. The summed E-state index contributed by atoms with van der Waals surface area (Å²) in [5, 5.41) is 3.28. The van der Waals surface area contributed by atoms with Crippen molar-refractivity contribution in [1.29, 1.82) is 0 Å². The second-order valence-corrected chi connectivity index (χ2v) is 6.49. The molecule has 0 aromatic carbocycles. The summed E-state index contributed by atoms with van der Waals surface area (Å²) in [7, 11) is -2.74. The van der Waals surface area contributed by atoms with Crippen LogP contribution in [0.3, 0.4) is 0 Å². The van der Waals surface area contributed by atoms with Crippen LogP contribution in [0.25, 0.3) is 0 Å². The van der Waals surface area contributed by atoms with E-state index < -0.39 is 9.84 Å². The number of nitrogens with zero attached hydrogens (tertiary/aromatic N) is 1. The van der Waals surface area contributed by atoms with Crippen LogP contribution in [0.1, 0.15) is 12.0 Å². The van der Waals surface area contributed by atoms with Gasteiger partial charge in [-0.15, -0.1) is 0 Å². The molecule has 1 aromatic heterocycles. The van der Waals surface area contributed by atoms with Crippen molar-refractivity contribution in [2.75, 3.05) is 18.1 Å². The number of sulfone groups is 1. The van der Waals surface area contributed by atoms with E-state index in [0.717, 1.165) is 25.1 Å². The summed E-state index contributed by atoms with van der Waals surface area (Å²) in [5.41, 5.74) is 1.13. The Labute approximate surface area is 96.0 Å².